The van der Waals surface area contributed by atoms with Gasteiger partial charge in [-0.1, -0.05) is 81.4 Å². The molecule has 0 aromatic heterocycles. The fraction of sp³-hybridized carbons (Fsp3) is 0.519. The van der Waals surface area contributed by atoms with E-state index in [0.717, 1.165) is 29.8 Å². The highest BCUT2D eigenvalue weighted by Crippen LogP contribution is 2.20. The van der Waals surface area contributed by atoms with E-state index in [2.05, 4.69) is 38.2 Å². The van der Waals surface area contributed by atoms with E-state index in [1.807, 2.05) is 48.5 Å². The number of aryl methyl sites for hydroxylation is 1. The summed E-state index contributed by atoms with van der Waals surface area (Å²) in [7, 11) is 0. The van der Waals surface area contributed by atoms with Gasteiger partial charge in [0.2, 0.25) is 0 Å². The summed E-state index contributed by atoms with van der Waals surface area (Å²) in [6.45, 7) is 7.06. The van der Waals surface area contributed by atoms with E-state index < -0.39 is 17.9 Å². The number of hydrazine groups is 1. The maximum Gasteiger partial charge on any atom is 0.424 e. The van der Waals surface area contributed by atoms with Crippen LogP contribution in [0.25, 0.3) is 0 Å². The zero-order valence-electron chi connectivity index (χ0n) is 20.7. The summed E-state index contributed by atoms with van der Waals surface area (Å²) in [4.78, 5) is 12.7. The van der Waals surface area contributed by atoms with Crippen molar-refractivity contribution >= 4 is 6.09 Å². The molecule has 1 atom stereocenters. The SMILES string of the molecule is CC(C)(C)CCNCC(O)(O)C(Cc1ccccc1)N(N)C(=O)OCCCCc1ccccc1. The molecule has 2 rings (SSSR count). The van der Waals surface area contributed by atoms with Gasteiger partial charge in [-0.15, -0.1) is 0 Å². The zero-order valence-corrected chi connectivity index (χ0v) is 20.7. The van der Waals surface area contributed by atoms with Crippen LogP contribution >= 0.6 is 0 Å². The predicted molar refractivity (Wildman–Crippen MR) is 135 cm³/mol. The molecule has 0 aliphatic heterocycles. The fourth-order valence-electron chi connectivity index (χ4n) is 3.61. The Labute approximate surface area is 203 Å². The van der Waals surface area contributed by atoms with Gasteiger partial charge in [-0.25, -0.2) is 15.6 Å². The maximum atomic E-state index is 12.7. The van der Waals surface area contributed by atoms with Crippen LogP contribution in [-0.2, 0) is 17.6 Å². The van der Waals surface area contributed by atoms with Crippen LogP contribution in [0, 0.1) is 5.41 Å². The minimum Gasteiger partial charge on any atom is -0.448 e. The molecule has 0 fully saturated rings. The number of carbonyl (C=O) groups is 1. The highest BCUT2D eigenvalue weighted by Gasteiger charge is 2.40. The largest absolute Gasteiger partial charge is 0.448 e. The third kappa shape index (κ3) is 10.2. The average Bonchev–Trinajstić information content (AvgIpc) is 2.80. The lowest BCUT2D eigenvalue weighted by Crippen LogP contribution is -2.62. The molecule has 0 spiro atoms. The molecule has 1 amide bonds. The molecule has 7 nitrogen and oxygen atoms in total. The highest BCUT2D eigenvalue weighted by atomic mass is 16.6. The van der Waals surface area contributed by atoms with E-state index in [-0.39, 0.29) is 25.0 Å². The van der Waals surface area contributed by atoms with Gasteiger partial charge in [-0.2, -0.15) is 0 Å². The van der Waals surface area contributed by atoms with Gasteiger partial charge in [-0.05, 0) is 55.2 Å². The zero-order chi connectivity index (χ0) is 25.0. The van der Waals surface area contributed by atoms with Gasteiger partial charge in [0.25, 0.3) is 0 Å². The Bertz CT molecular complexity index is 838. The smallest absolute Gasteiger partial charge is 0.424 e. The van der Waals surface area contributed by atoms with E-state index in [1.54, 1.807) is 0 Å². The van der Waals surface area contributed by atoms with Crippen LogP contribution in [0.15, 0.2) is 60.7 Å². The molecular weight excluding hydrogens is 430 g/mol. The highest BCUT2D eigenvalue weighted by molar-refractivity contribution is 5.67. The van der Waals surface area contributed by atoms with Crippen LogP contribution in [0.3, 0.4) is 0 Å². The topological polar surface area (TPSA) is 108 Å². The van der Waals surface area contributed by atoms with Crippen LogP contribution in [-0.4, -0.2) is 52.8 Å². The first-order valence-electron chi connectivity index (χ1n) is 12.0. The normalized spacial score (nSPS) is 12.9. The second-order valence-electron chi connectivity index (χ2n) is 10.0. The molecule has 0 heterocycles. The molecule has 1 unspecified atom stereocenters. The minimum atomic E-state index is -2.24. The first kappa shape index (κ1) is 27.8. The summed E-state index contributed by atoms with van der Waals surface area (Å²) in [5, 5.41) is 25.7. The molecule has 7 heteroatoms. The summed E-state index contributed by atoms with van der Waals surface area (Å²) in [6.07, 6.45) is 2.73. The number of ether oxygens (including phenoxy) is 1. The molecular formula is C27H41N3O4. The molecule has 0 aliphatic carbocycles. The Kier molecular flexibility index (Phi) is 11.0. The van der Waals surface area contributed by atoms with Crippen LogP contribution in [0.1, 0.15) is 51.2 Å². The molecule has 2 aromatic rings. The van der Waals surface area contributed by atoms with E-state index in [9.17, 15) is 15.0 Å². The monoisotopic (exact) mass is 471 g/mol. The number of aliphatic hydroxyl groups is 2. The third-order valence-corrected chi connectivity index (χ3v) is 5.72. The Morgan fingerprint density at radius 2 is 1.59 bits per heavy atom. The number of nitrogens with two attached hydrogens (primary N) is 1. The van der Waals surface area contributed by atoms with E-state index in [0.29, 0.717) is 13.0 Å². The summed E-state index contributed by atoms with van der Waals surface area (Å²) >= 11 is 0. The lowest BCUT2D eigenvalue weighted by molar-refractivity contribution is -0.199. The molecule has 2 aromatic carbocycles. The van der Waals surface area contributed by atoms with Crippen LogP contribution in [0.2, 0.25) is 0 Å². The Morgan fingerprint density at radius 1 is 1.00 bits per heavy atom. The number of carbonyl (C=O) groups excluding carboxylic acids is 1. The van der Waals surface area contributed by atoms with Crippen molar-refractivity contribution in [1.29, 1.82) is 0 Å². The number of nitrogens with one attached hydrogen (secondary N) is 1. The van der Waals surface area contributed by atoms with Crippen molar-refractivity contribution in [3.63, 3.8) is 0 Å². The Hall–Kier alpha value is -2.45. The van der Waals surface area contributed by atoms with Crippen molar-refractivity contribution in [3.8, 4) is 0 Å². The molecule has 34 heavy (non-hydrogen) atoms. The van der Waals surface area contributed by atoms with Gasteiger partial charge in [0.05, 0.1) is 13.2 Å². The molecule has 5 N–H and O–H groups in total. The minimum absolute atomic E-state index is 0.119. The quantitative estimate of drug-likeness (QED) is 0.117. The van der Waals surface area contributed by atoms with Crippen molar-refractivity contribution in [2.24, 2.45) is 11.3 Å². The number of hydrogen-bond acceptors (Lipinski definition) is 6. The number of nitrogens with zero attached hydrogens (tertiary/aromatic N) is 1. The summed E-state index contributed by atoms with van der Waals surface area (Å²) in [5.41, 5.74) is 2.19. The van der Waals surface area contributed by atoms with Gasteiger partial charge in [-0.3, -0.25) is 0 Å². The van der Waals surface area contributed by atoms with Gasteiger partial charge in [0.15, 0.2) is 5.79 Å². The van der Waals surface area contributed by atoms with Crippen molar-refractivity contribution in [3.05, 3.63) is 71.8 Å². The number of unbranched alkanes of at least 4 members (excludes halogenated alkanes) is 1. The number of benzene rings is 2. The molecule has 0 aliphatic rings. The average molecular weight is 472 g/mol. The summed E-state index contributed by atoms with van der Waals surface area (Å²) in [6, 6.07) is 18.3. The van der Waals surface area contributed by atoms with Crippen LogP contribution in [0.4, 0.5) is 4.79 Å². The second kappa shape index (κ2) is 13.4. The first-order chi connectivity index (χ1) is 16.1. The van der Waals surface area contributed by atoms with E-state index in [4.69, 9.17) is 10.6 Å². The summed E-state index contributed by atoms with van der Waals surface area (Å²) in [5.74, 6) is 3.84. The fourth-order valence-corrected chi connectivity index (χ4v) is 3.61. The Morgan fingerprint density at radius 3 is 2.18 bits per heavy atom. The number of hydrogen-bond donors (Lipinski definition) is 4. The Balaban J connectivity index is 1.93. The standard InChI is InChI=1S/C27H41N3O4/c1-26(2,3)17-18-29-21-27(32,33)24(20-23-15-8-5-9-16-23)30(28)25(31)34-19-11-10-14-22-12-6-4-7-13-22/h4-9,12-13,15-16,24,29,32-33H,10-11,14,17-21,28H2,1-3H3. The summed E-state index contributed by atoms with van der Waals surface area (Å²) < 4.78 is 5.35. The van der Waals surface area contributed by atoms with E-state index in [1.165, 1.54) is 5.56 Å². The van der Waals surface area contributed by atoms with Crippen LogP contribution in [0.5, 0.6) is 0 Å². The molecule has 0 bridgehead atoms. The lowest BCUT2D eigenvalue weighted by atomic mass is 9.92. The van der Waals surface area contributed by atoms with E-state index >= 15 is 0 Å². The maximum absolute atomic E-state index is 12.7. The van der Waals surface area contributed by atoms with Gasteiger partial charge in [0.1, 0.15) is 6.04 Å². The lowest BCUT2D eigenvalue weighted by Gasteiger charge is -2.37. The van der Waals surface area contributed by atoms with Crippen molar-refractivity contribution in [2.45, 2.75) is 64.7 Å². The number of rotatable bonds is 13. The van der Waals surface area contributed by atoms with Gasteiger partial charge >= 0.3 is 6.09 Å². The molecule has 0 saturated carbocycles. The van der Waals surface area contributed by atoms with Crippen molar-refractivity contribution < 1.29 is 19.7 Å². The molecule has 188 valence electrons. The van der Waals surface area contributed by atoms with Gasteiger partial charge in [0, 0.05) is 0 Å². The molecule has 0 saturated heterocycles. The third-order valence-electron chi connectivity index (χ3n) is 5.72. The van der Waals surface area contributed by atoms with Gasteiger partial charge < -0.3 is 20.3 Å². The molecule has 0 radical (unpaired) electrons. The number of amides is 1. The predicted octanol–water partition coefficient (Wildman–Crippen LogP) is 3.64. The van der Waals surface area contributed by atoms with Crippen molar-refractivity contribution in [2.75, 3.05) is 19.7 Å². The van der Waals surface area contributed by atoms with Crippen LogP contribution < -0.4 is 11.2 Å². The first-order valence-corrected chi connectivity index (χ1v) is 12.0. The van der Waals surface area contributed by atoms with Crippen molar-refractivity contribution in [1.82, 2.24) is 10.3 Å². The second-order valence-corrected chi connectivity index (χ2v) is 10.0.